The van der Waals surface area contributed by atoms with Crippen molar-refractivity contribution < 1.29 is 31.2 Å². The molecule has 3 heterocycles. The SMILES string of the molecule is CN(/N=C/c1ccc(-c2nnc(C(F)F)o2)cn1)C(=O)c1cnccc1CC(F)(F)F. The molecule has 1 amide bonds. The number of hydrogen-bond acceptors (Lipinski definition) is 7. The molecule has 3 aromatic heterocycles. The summed E-state index contributed by atoms with van der Waals surface area (Å²) >= 11 is 0. The number of carbonyl (C=O) groups excluding carboxylic acids is 1. The Hall–Kier alpha value is -3.77. The summed E-state index contributed by atoms with van der Waals surface area (Å²) < 4.78 is 68.0. The minimum absolute atomic E-state index is 0.146. The summed E-state index contributed by atoms with van der Waals surface area (Å²) in [6.07, 6.45) is -3.99. The Morgan fingerprint density at radius 2 is 2.00 bits per heavy atom. The van der Waals surface area contributed by atoms with E-state index in [4.69, 9.17) is 4.42 Å². The smallest absolute Gasteiger partial charge is 0.393 e. The van der Waals surface area contributed by atoms with Gasteiger partial charge in [-0.3, -0.25) is 14.8 Å². The Balaban J connectivity index is 1.71. The molecular formula is C18H13F5N6O2. The lowest BCUT2D eigenvalue weighted by Gasteiger charge is -2.14. The van der Waals surface area contributed by atoms with E-state index in [1.807, 2.05) is 0 Å². The third kappa shape index (κ3) is 5.65. The van der Waals surface area contributed by atoms with Gasteiger partial charge in [-0.05, 0) is 23.8 Å². The summed E-state index contributed by atoms with van der Waals surface area (Å²) in [7, 11) is 1.27. The Morgan fingerprint density at radius 1 is 1.23 bits per heavy atom. The number of alkyl halides is 5. The minimum atomic E-state index is -4.49. The molecule has 31 heavy (non-hydrogen) atoms. The van der Waals surface area contributed by atoms with Crippen molar-refractivity contribution in [2.24, 2.45) is 5.10 Å². The molecule has 13 heteroatoms. The van der Waals surface area contributed by atoms with Gasteiger partial charge in [-0.1, -0.05) is 0 Å². The van der Waals surface area contributed by atoms with Crippen LogP contribution >= 0.6 is 0 Å². The van der Waals surface area contributed by atoms with E-state index in [1.54, 1.807) is 0 Å². The lowest BCUT2D eigenvalue weighted by molar-refractivity contribution is -0.127. The molecule has 0 saturated heterocycles. The maximum Gasteiger partial charge on any atom is 0.393 e. The fraction of sp³-hybridized carbons (Fsp3) is 0.222. The normalized spacial score (nSPS) is 12.0. The van der Waals surface area contributed by atoms with Gasteiger partial charge in [-0.25, -0.2) is 5.01 Å². The molecule has 0 spiro atoms. The third-order valence-corrected chi connectivity index (χ3v) is 3.85. The predicted molar refractivity (Wildman–Crippen MR) is 96.2 cm³/mol. The van der Waals surface area contributed by atoms with Gasteiger partial charge in [0.2, 0.25) is 5.89 Å². The first-order valence-corrected chi connectivity index (χ1v) is 8.53. The monoisotopic (exact) mass is 440 g/mol. The molecule has 0 atom stereocenters. The van der Waals surface area contributed by atoms with Crippen LogP contribution < -0.4 is 0 Å². The fourth-order valence-electron chi connectivity index (χ4n) is 2.41. The number of pyridine rings is 2. The van der Waals surface area contributed by atoms with Crippen LogP contribution in [0.1, 0.15) is 33.9 Å². The van der Waals surface area contributed by atoms with E-state index in [9.17, 15) is 26.7 Å². The lowest BCUT2D eigenvalue weighted by atomic mass is 10.1. The van der Waals surface area contributed by atoms with Gasteiger partial charge in [-0.15, -0.1) is 10.2 Å². The highest BCUT2D eigenvalue weighted by Gasteiger charge is 2.30. The van der Waals surface area contributed by atoms with Crippen LogP contribution in [0.3, 0.4) is 0 Å². The van der Waals surface area contributed by atoms with Crippen LogP contribution in [-0.4, -0.2) is 50.5 Å². The van der Waals surface area contributed by atoms with Crippen molar-refractivity contribution in [3.63, 3.8) is 0 Å². The zero-order chi connectivity index (χ0) is 22.6. The Bertz CT molecular complexity index is 1080. The maximum atomic E-state index is 12.7. The molecule has 0 aliphatic rings. The first-order valence-electron chi connectivity index (χ1n) is 8.53. The van der Waals surface area contributed by atoms with Crippen LogP contribution in [0.15, 0.2) is 46.3 Å². The highest BCUT2D eigenvalue weighted by Crippen LogP contribution is 2.24. The second-order valence-electron chi connectivity index (χ2n) is 6.12. The van der Waals surface area contributed by atoms with Gasteiger partial charge in [0.15, 0.2) is 0 Å². The summed E-state index contributed by atoms with van der Waals surface area (Å²) in [6, 6.07) is 4.03. The van der Waals surface area contributed by atoms with E-state index in [0.717, 1.165) is 17.3 Å². The predicted octanol–water partition coefficient (Wildman–Crippen LogP) is 3.68. The molecule has 0 N–H and O–H groups in total. The number of rotatable bonds is 6. The quantitative estimate of drug-likeness (QED) is 0.330. The second kappa shape index (κ2) is 8.93. The van der Waals surface area contributed by atoms with E-state index >= 15 is 0 Å². The molecule has 0 fully saturated rings. The topological polar surface area (TPSA) is 97.4 Å². The van der Waals surface area contributed by atoms with Crippen LogP contribution in [0.4, 0.5) is 22.0 Å². The third-order valence-electron chi connectivity index (χ3n) is 3.85. The first kappa shape index (κ1) is 21.9. The summed E-state index contributed by atoms with van der Waals surface area (Å²) in [5.41, 5.74) is 0.112. The van der Waals surface area contributed by atoms with Crippen LogP contribution in [0.5, 0.6) is 0 Å². The van der Waals surface area contributed by atoms with E-state index in [1.165, 1.54) is 37.8 Å². The Labute approximate surface area is 171 Å². The average molecular weight is 440 g/mol. The molecule has 8 nitrogen and oxygen atoms in total. The van der Waals surface area contributed by atoms with Crippen LogP contribution in [0.25, 0.3) is 11.5 Å². The molecule has 0 radical (unpaired) electrons. The van der Waals surface area contributed by atoms with Gasteiger partial charge in [0.05, 0.1) is 29.5 Å². The molecule has 3 rings (SSSR count). The van der Waals surface area contributed by atoms with E-state index in [2.05, 4.69) is 25.3 Å². The Morgan fingerprint density at radius 3 is 2.61 bits per heavy atom. The molecular weight excluding hydrogens is 427 g/mol. The molecule has 0 saturated carbocycles. The number of halogens is 5. The van der Waals surface area contributed by atoms with Crippen molar-refractivity contribution in [3.05, 3.63) is 59.5 Å². The van der Waals surface area contributed by atoms with Crippen LogP contribution in [0.2, 0.25) is 0 Å². The van der Waals surface area contributed by atoms with E-state index < -0.39 is 30.8 Å². The second-order valence-corrected chi connectivity index (χ2v) is 6.12. The zero-order valence-corrected chi connectivity index (χ0v) is 15.7. The molecule has 0 bridgehead atoms. The first-order chi connectivity index (χ1) is 14.6. The van der Waals surface area contributed by atoms with E-state index in [-0.39, 0.29) is 28.3 Å². The zero-order valence-electron chi connectivity index (χ0n) is 15.7. The highest BCUT2D eigenvalue weighted by molar-refractivity contribution is 5.95. The van der Waals surface area contributed by atoms with Gasteiger partial charge in [0, 0.05) is 25.6 Å². The fourth-order valence-corrected chi connectivity index (χ4v) is 2.41. The van der Waals surface area contributed by atoms with Crippen LogP contribution in [0, 0.1) is 0 Å². The lowest BCUT2D eigenvalue weighted by Crippen LogP contribution is -2.24. The Kier molecular flexibility index (Phi) is 6.32. The van der Waals surface area contributed by atoms with Crippen LogP contribution in [-0.2, 0) is 6.42 Å². The van der Waals surface area contributed by atoms with Crippen molar-refractivity contribution in [3.8, 4) is 11.5 Å². The van der Waals surface area contributed by atoms with Gasteiger partial charge in [-0.2, -0.15) is 27.1 Å². The number of amides is 1. The van der Waals surface area contributed by atoms with E-state index in [0.29, 0.717) is 0 Å². The van der Waals surface area contributed by atoms with Crippen molar-refractivity contribution in [1.29, 1.82) is 0 Å². The average Bonchev–Trinajstić information content (AvgIpc) is 3.22. The number of nitrogens with zero attached hydrogens (tertiary/aromatic N) is 6. The molecule has 0 aliphatic carbocycles. The maximum absolute atomic E-state index is 12.7. The molecule has 0 unspecified atom stereocenters. The number of aromatic nitrogens is 4. The number of hydrazone groups is 1. The van der Waals surface area contributed by atoms with Crippen molar-refractivity contribution in [2.45, 2.75) is 19.0 Å². The van der Waals surface area contributed by atoms with Crippen molar-refractivity contribution in [1.82, 2.24) is 25.2 Å². The van der Waals surface area contributed by atoms with Gasteiger partial charge in [0.25, 0.3) is 11.8 Å². The molecule has 0 aromatic carbocycles. The highest BCUT2D eigenvalue weighted by atomic mass is 19.4. The summed E-state index contributed by atoms with van der Waals surface area (Å²) in [5.74, 6) is -1.75. The number of hydrogen-bond donors (Lipinski definition) is 0. The standard InChI is InChI=1S/C18H13F5N6O2/c1-29(17(30)13-9-24-5-4-10(13)6-18(21,22)23)26-8-12-3-2-11(7-25-12)15-27-28-16(31-15)14(19)20/h2-5,7-9,14H,6H2,1H3/b26-8+. The summed E-state index contributed by atoms with van der Waals surface area (Å²) in [6.45, 7) is 0. The van der Waals surface area contributed by atoms with Gasteiger partial charge in [0.1, 0.15) is 0 Å². The van der Waals surface area contributed by atoms with Crippen molar-refractivity contribution >= 4 is 12.1 Å². The largest absolute Gasteiger partial charge is 0.415 e. The summed E-state index contributed by atoms with van der Waals surface area (Å²) in [4.78, 5) is 20.2. The molecule has 0 aliphatic heterocycles. The number of carbonyl (C=O) groups is 1. The van der Waals surface area contributed by atoms with Crippen molar-refractivity contribution in [2.75, 3.05) is 7.05 Å². The minimum Gasteiger partial charge on any atom is -0.415 e. The summed E-state index contributed by atoms with van der Waals surface area (Å²) in [5, 5.41) is 11.4. The molecule has 3 aromatic rings. The van der Waals surface area contributed by atoms with Gasteiger partial charge >= 0.3 is 12.6 Å². The molecule has 162 valence electrons. The van der Waals surface area contributed by atoms with Gasteiger partial charge < -0.3 is 4.42 Å².